The van der Waals surface area contributed by atoms with Gasteiger partial charge in [-0.1, -0.05) is 0 Å². The lowest BCUT2D eigenvalue weighted by molar-refractivity contribution is 0.0703. The number of aliphatic hydroxyl groups is 1. The van der Waals surface area contributed by atoms with Crippen molar-refractivity contribution in [3.8, 4) is 0 Å². The summed E-state index contributed by atoms with van der Waals surface area (Å²) in [6.45, 7) is 1.99. The van der Waals surface area contributed by atoms with E-state index in [4.69, 9.17) is 0 Å². The third kappa shape index (κ3) is 3.71. The van der Waals surface area contributed by atoms with Crippen molar-refractivity contribution in [1.82, 2.24) is 4.90 Å². The summed E-state index contributed by atoms with van der Waals surface area (Å²) in [6.07, 6.45) is -0.518. The molecule has 88 valence electrons. The van der Waals surface area contributed by atoms with Gasteiger partial charge in [-0.05, 0) is 63.6 Å². The maximum Gasteiger partial charge on any atom is 0.254 e. The van der Waals surface area contributed by atoms with E-state index in [1.54, 1.807) is 14.0 Å². The van der Waals surface area contributed by atoms with Crippen molar-refractivity contribution >= 4 is 44.4 Å². The van der Waals surface area contributed by atoms with Gasteiger partial charge in [0.1, 0.15) is 0 Å². The maximum absolute atomic E-state index is 12.0. The molecule has 1 aromatic rings. The summed E-state index contributed by atoms with van der Waals surface area (Å²) in [5, 5.41) is 9.24. The fraction of sp³-hybridized carbons (Fsp3) is 0.364. The Morgan fingerprint density at radius 1 is 1.62 bits per heavy atom. The second-order valence-electron chi connectivity index (χ2n) is 3.66. The Morgan fingerprint density at radius 2 is 2.25 bits per heavy atom. The first-order chi connectivity index (χ1) is 7.41. The Morgan fingerprint density at radius 3 is 2.81 bits per heavy atom. The minimum absolute atomic E-state index is 0.0914. The van der Waals surface area contributed by atoms with Crippen LogP contribution in [0.1, 0.15) is 17.3 Å². The molecule has 1 aromatic carbocycles. The molecule has 0 aliphatic rings. The van der Waals surface area contributed by atoms with E-state index in [1.165, 1.54) is 4.90 Å². The number of aliphatic hydroxyl groups excluding tert-OH is 1. The zero-order valence-electron chi connectivity index (χ0n) is 9.08. The predicted octanol–water partition coefficient (Wildman–Crippen LogP) is 2.51. The van der Waals surface area contributed by atoms with Crippen molar-refractivity contribution in [3.63, 3.8) is 0 Å². The Hall–Kier alpha value is -0.140. The van der Waals surface area contributed by atoms with E-state index in [9.17, 15) is 9.90 Å². The van der Waals surface area contributed by atoms with Crippen molar-refractivity contribution in [3.05, 3.63) is 31.8 Å². The molecule has 5 heteroatoms. The maximum atomic E-state index is 12.0. The molecule has 0 aliphatic heterocycles. The van der Waals surface area contributed by atoms with Crippen LogP contribution in [-0.2, 0) is 0 Å². The van der Waals surface area contributed by atoms with Crippen molar-refractivity contribution in [2.45, 2.75) is 13.0 Å². The number of likely N-dealkylation sites (N-methyl/N-ethyl adjacent to an activating group) is 1. The fourth-order valence-electron chi connectivity index (χ4n) is 1.35. The molecule has 3 nitrogen and oxygen atoms in total. The molecule has 16 heavy (non-hydrogen) atoms. The van der Waals surface area contributed by atoms with Gasteiger partial charge in [0.15, 0.2) is 0 Å². The second kappa shape index (κ2) is 5.97. The van der Waals surface area contributed by atoms with Crippen LogP contribution in [0.15, 0.2) is 22.7 Å². The number of rotatable bonds is 3. The number of benzene rings is 1. The molecule has 0 fully saturated rings. The summed E-state index contributed by atoms with van der Waals surface area (Å²) < 4.78 is 1.78. The van der Waals surface area contributed by atoms with Gasteiger partial charge >= 0.3 is 0 Å². The van der Waals surface area contributed by atoms with Gasteiger partial charge in [0.05, 0.1) is 11.7 Å². The van der Waals surface area contributed by atoms with Gasteiger partial charge < -0.3 is 10.0 Å². The summed E-state index contributed by atoms with van der Waals surface area (Å²) in [4.78, 5) is 13.5. The quantitative estimate of drug-likeness (QED) is 0.796. The number of amides is 1. The number of hydrogen-bond acceptors (Lipinski definition) is 2. The third-order valence-electron chi connectivity index (χ3n) is 2.04. The van der Waals surface area contributed by atoms with Crippen molar-refractivity contribution in [2.24, 2.45) is 0 Å². The lowest BCUT2D eigenvalue weighted by Crippen LogP contribution is -2.33. The third-order valence-corrected chi connectivity index (χ3v) is 3.41. The van der Waals surface area contributed by atoms with E-state index in [1.807, 2.05) is 18.2 Å². The second-order valence-corrected chi connectivity index (χ2v) is 5.76. The Bertz CT molecular complexity index is 396. The molecule has 0 spiro atoms. The minimum atomic E-state index is -0.518. The average Bonchev–Trinajstić information content (AvgIpc) is 2.19. The van der Waals surface area contributed by atoms with Crippen LogP contribution < -0.4 is 0 Å². The molecule has 0 saturated heterocycles. The van der Waals surface area contributed by atoms with Crippen LogP contribution in [0, 0.1) is 3.57 Å². The number of nitrogens with zero attached hydrogens (tertiary/aromatic N) is 1. The van der Waals surface area contributed by atoms with Gasteiger partial charge in [0.25, 0.3) is 5.91 Å². The molecule has 0 aromatic heterocycles. The van der Waals surface area contributed by atoms with E-state index in [0.717, 1.165) is 8.04 Å². The molecule has 1 amide bonds. The molecule has 1 rings (SSSR count). The van der Waals surface area contributed by atoms with Gasteiger partial charge in [-0.25, -0.2) is 0 Å². The summed E-state index contributed by atoms with van der Waals surface area (Å²) >= 11 is 5.52. The number of carbonyl (C=O) groups excluding carboxylic acids is 1. The Balaban J connectivity index is 2.91. The average molecular weight is 398 g/mol. The normalized spacial score (nSPS) is 12.3. The number of hydrogen-bond donors (Lipinski definition) is 1. The van der Waals surface area contributed by atoms with Crippen LogP contribution in [0.2, 0.25) is 0 Å². The summed E-state index contributed by atoms with van der Waals surface area (Å²) in [7, 11) is 1.68. The number of halogens is 2. The molecule has 0 radical (unpaired) electrons. The van der Waals surface area contributed by atoms with Crippen molar-refractivity contribution in [1.29, 1.82) is 0 Å². The fourth-order valence-corrected chi connectivity index (χ4v) is 2.25. The van der Waals surface area contributed by atoms with Crippen LogP contribution in [-0.4, -0.2) is 35.6 Å². The molecule has 0 heterocycles. The topological polar surface area (TPSA) is 40.5 Å². The molecule has 0 bridgehead atoms. The van der Waals surface area contributed by atoms with Crippen LogP contribution in [0.3, 0.4) is 0 Å². The molecular formula is C11H13BrINO2. The molecular weight excluding hydrogens is 385 g/mol. The molecule has 1 unspecified atom stereocenters. The Labute approximate surface area is 117 Å². The molecule has 0 aliphatic carbocycles. The van der Waals surface area contributed by atoms with Gasteiger partial charge in [0.2, 0.25) is 0 Å². The Kier molecular flexibility index (Phi) is 5.20. The largest absolute Gasteiger partial charge is 0.392 e. The van der Waals surface area contributed by atoms with Gasteiger partial charge in [0, 0.05) is 21.6 Å². The highest BCUT2D eigenvalue weighted by Gasteiger charge is 2.16. The van der Waals surface area contributed by atoms with Crippen LogP contribution in [0.4, 0.5) is 0 Å². The first-order valence-corrected chi connectivity index (χ1v) is 6.67. The summed E-state index contributed by atoms with van der Waals surface area (Å²) in [5.41, 5.74) is 0.620. The van der Waals surface area contributed by atoms with E-state index in [2.05, 4.69) is 38.5 Å². The molecule has 1 atom stereocenters. The number of carbonyl (C=O) groups is 1. The molecule has 1 N–H and O–H groups in total. The summed E-state index contributed by atoms with van der Waals surface area (Å²) in [6, 6.07) is 5.60. The predicted molar refractivity (Wildman–Crippen MR) is 75.5 cm³/mol. The standard InChI is InChI=1S/C11H13BrINO2/c1-7(15)6-14(2)11(16)9-5-8(13)3-4-10(9)12/h3-5,7,15H,6H2,1-2H3. The first-order valence-electron chi connectivity index (χ1n) is 4.80. The van der Waals surface area contributed by atoms with Crippen LogP contribution in [0.25, 0.3) is 0 Å². The minimum Gasteiger partial charge on any atom is -0.392 e. The summed E-state index contributed by atoms with van der Waals surface area (Å²) in [5.74, 6) is -0.0914. The lowest BCUT2D eigenvalue weighted by Gasteiger charge is -2.19. The highest BCUT2D eigenvalue weighted by Crippen LogP contribution is 2.20. The van der Waals surface area contributed by atoms with Gasteiger partial charge in [-0.3, -0.25) is 4.79 Å². The van der Waals surface area contributed by atoms with Crippen molar-refractivity contribution in [2.75, 3.05) is 13.6 Å². The first kappa shape index (κ1) is 13.9. The van der Waals surface area contributed by atoms with E-state index >= 15 is 0 Å². The van der Waals surface area contributed by atoms with E-state index < -0.39 is 6.10 Å². The smallest absolute Gasteiger partial charge is 0.254 e. The highest BCUT2D eigenvalue weighted by molar-refractivity contribution is 14.1. The van der Waals surface area contributed by atoms with Crippen LogP contribution >= 0.6 is 38.5 Å². The highest BCUT2D eigenvalue weighted by atomic mass is 127. The zero-order chi connectivity index (χ0) is 12.3. The lowest BCUT2D eigenvalue weighted by atomic mass is 10.2. The SMILES string of the molecule is CC(O)CN(C)C(=O)c1cc(I)ccc1Br. The van der Waals surface area contributed by atoms with Gasteiger partial charge in [-0.15, -0.1) is 0 Å². The van der Waals surface area contributed by atoms with E-state index in [-0.39, 0.29) is 5.91 Å². The van der Waals surface area contributed by atoms with Crippen LogP contribution in [0.5, 0.6) is 0 Å². The monoisotopic (exact) mass is 397 g/mol. The zero-order valence-corrected chi connectivity index (χ0v) is 12.8. The van der Waals surface area contributed by atoms with Crippen molar-refractivity contribution < 1.29 is 9.90 Å². The van der Waals surface area contributed by atoms with Gasteiger partial charge in [-0.2, -0.15) is 0 Å². The molecule has 0 saturated carbocycles. The van der Waals surface area contributed by atoms with E-state index in [0.29, 0.717) is 12.1 Å².